The maximum absolute atomic E-state index is 5.34. The van der Waals surface area contributed by atoms with E-state index in [9.17, 15) is 0 Å². The summed E-state index contributed by atoms with van der Waals surface area (Å²) in [5.74, 6) is 1.01. The van der Waals surface area contributed by atoms with Gasteiger partial charge in [-0.15, -0.1) is 0 Å². The number of aryl methyl sites for hydroxylation is 1. The number of methoxy groups -OCH3 is 1. The zero-order valence-corrected chi connectivity index (χ0v) is 8.13. The lowest BCUT2D eigenvalue weighted by Gasteiger charge is -2.30. The molecule has 0 spiro atoms. The Morgan fingerprint density at radius 2 is 2.23 bits per heavy atom. The largest absolute Gasteiger partial charge is 0.496 e. The molecule has 1 aliphatic rings. The van der Waals surface area contributed by atoms with Gasteiger partial charge in [0.2, 0.25) is 0 Å². The third kappa shape index (κ3) is 1.42. The Morgan fingerprint density at radius 1 is 1.46 bits per heavy atom. The van der Waals surface area contributed by atoms with Gasteiger partial charge in [-0.2, -0.15) is 0 Å². The Hall–Kier alpha value is -1.02. The van der Waals surface area contributed by atoms with E-state index in [0.717, 1.165) is 12.3 Å². The number of nitrogens with one attached hydrogen (secondary N) is 1. The average molecular weight is 177 g/mol. The Kier molecular flexibility index (Phi) is 2.23. The van der Waals surface area contributed by atoms with Crippen LogP contribution in [-0.2, 0) is 0 Å². The van der Waals surface area contributed by atoms with Gasteiger partial charge in [-0.05, 0) is 31.5 Å². The molecule has 1 unspecified atom stereocenters. The molecular formula is C11H15NO. The van der Waals surface area contributed by atoms with Gasteiger partial charge in [0, 0.05) is 11.6 Å². The van der Waals surface area contributed by atoms with Crippen LogP contribution in [-0.4, -0.2) is 13.7 Å². The summed E-state index contributed by atoms with van der Waals surface area (Å²) in [6.45, 7) is 3.26. The zero-order chi connectivity index (χ0) is 9.26. The molecule has 1 aromatic rings. The number of benzene rings is 1. The van der Waals surface area contributed by atoms with Crippen LogP contribution in [0, 0.1) is 6.92 Å². The molecule has 1 aliphatic heterocycles. The predicted octanol–water partition coefficient (Wildman–Crippen LogP) is 2.04. The van der Waals surface area contributed by atoms with Crippen LogP contribution in [0.5, 0.6) is 5.75 Å². The van der Waals surface area contributed by atoms with Gasteiger partial charge >= 0.3 is 0 Å². The number of ether oxygens (including phenoxy) is 1. The molecule has 1 aromatic carbocycles. The van der Waals surface area contributed by atoms with E-state index in [1.165, 1.54) is 17.5 Å². The van der Waals surface area contributed by atoms with Crippen LogP contribution in [0.2, 0.25) is 0 Å². The van der Waals surface area contributed by atoms with Crippen LogP contribution in [0.25, 0.3) is 0 Å². The first-order valence-corrected chi connectivity index (χ1v) is 4.70. The van der Waals surface area contributed by atoms with E-state index in [-0.39, 0.29) is 0 Å². The molecule has 1 saturated heterocycles. The molecule has 0 aliphatic carbocycles. The van der Waals surface area contributed by atoms with Crippen molar-refractivity contribution in [3.05, 3.63) is 29.3 Å². The van der Waals surface area contributed by atoms with Crippen LogP contribution < -0.4 is 10.1 Å². The van der Waals surface area contributed by atoms with Crippen molar-refractivity contribution >= 4 is 0 Å². The van der Waals surface area contributed by atoms with E-state index in [4.69, 9.17) is 4.74 Å². The van der Waals surface area contributed by atoms with Gasteiger partial charge in [0.1, 0.15) is 5.75 Å². The van der Waals surface area contributed by atoms with Gasteiger partial charge in [-0.3, -0.25) is 0 Å². The predicted molar refractivity (Wildman–Crippen MR) is 53.1 cm³/mol. The van der Waals surface area contributed by atoms with Crippen molar-refractivity contribution in [3.8, 4) is 5.75 Å². The maximum Gasteiger partial charge on any atom is 0.123 e. The summed E-state index contributed by atoms with van der Waals surface area (Å²) < 4.78 is 5.34. The molecule has 2 rings (SSSR count). The number of rotatable bonds is 2. The minimum Gasteiger partial charge on any atom is -0.496 e. The van der Waals surface area contributed by atoms with Crippen LogP contribution in [0.4, 0.5) is 0 Å². The van der Waals surface area contributed by atoms with E-state index in [1.807, 2.05) is 12.1 Å². The Labute approximate surface area is 78.9 Å². The van der Waals surface area contributed by atoms with Crippen molar-refractivity contribution in [1.82, 2.24) is 5.32 Å². The Balaban J connectivity index is 2.39. The van der Waals surface area contributed by atoms with E-state index < -0.39 is 0 Å². The summed E-state index contributed by atoms with van der Waals surface area (Å²) in [7, 11) is 1.73. The lowest BCUT2D eigenvalue weighted by Crippen LogP contribution is -2.35. The third-order valence-electron chi connectivity index (χ3n) is 2.68. The van der Waals surface area contributed by atoms with Crippen LogP contribution in [0.3, 0.4) is 0 Å². The van der Waals surface area contributed by atoms with Crippen molar-refractivity contribution in [2.75, 3.05) is 13.7 Å². The first kappa shape index (κ1) is 8.57. The summed E-state index contributed by atoms with van der Waals surface area (Å²) in [5, 5.41) is 3.40. The quantitative estimate of drug-likeness (QED) is 0.746. The molecule has 1 fully saturated rings. The lowest BCUT2D eigenvalue weighted by atomic mass is 9.93. The van der Waals surface area contributed by atoms with E-state index >= 15 is 0 Å². The molecule has 2 nitrogen and oxygen atoms in total. The molecule has 2 heteroatoms. The van der Waals surface area contributed by atoms with Crippen LogP contribution in [0.15, 0.2) is 18.2 Å². The standard InChI is InChI=1S/C11H15NO/c1-8-4-3-5-10(13-2)11(8)9-6-7-12-9/h3-5,9,12H,6-7H2,1-2H3. The van der Waals surface area contributed by atoms with Gasteiger partial charge in [-0.25, -0.2) is 0 Å². The van der Waals surface area contributed by atoms with E-state index in [2.05, 4.69) is 18.3 Å². The topological polar surface area (TPSA) is 21.3 Å². The minimum atomic E-state index is 0.510. The average Bonchev–Trinajstić information content (AvgIpc) is 2.05. The second-order valence-corrected chi connectivity index (χ2v) is 3.49. The molecule has 0 amide bonds. The van der Waals surface area contributed by atoms with Gasteiger partial charge in [0.05, 0.1) is 7.11 Å². The second-order valence-electron chi connectivity index (χ2n) is 3.49. The first-order valence-electron chi connectivity index (χ1n) is 4.70. The van der Waals surface area contributed by atoms with Crippen LogP contribution >= 0.6 is 0 Å². The van der Waals surface area contributed by atoms with Gasteiger partial charge in [0.25, 0.3) is 0 Å². The van der Waals surface area contributed by atoms with Crippen molar-refractivity contribution in [3.63, 3.8) is 0 Å². The molecule has 1 N–H and O–H groups in total. The third-order valence-corrected chi connectivity index (χ3v) is 2.68. The highest BCUT2D eigenvalue weighted by atomic mass is 16.5. The molecule has 0 aromatic heterocycles. The molecule has 1 heterocycles. The normalized spacial score (nSPS) is 20.9. The highest BCUT2D eigenvalue weighted by molar-refractivity contribution is 5.42. The molecule has 0 saturated carbocycles. The molecular weight excluding hydrogens is 162 g/mol. The molecule has 13 heavy (non-hydrogen) atoms. The molecule has 1 atom stereocenters. The Morgan fingerprint density at radius 3 is 2.77 bits per heavy atom. The fourth-order valence-corrected chi connectivity index (χ4v) is 1.81. The van der Waals surface area contributed by atoms with Crippen molar-refractivity contribution in [2.24, 2.45) is 0 Å². The highest BCUT2D eigenvalue weighted by Gasteiger charge is 2.23. The summed E-state index contributed by atoms with van der Waals surface area (Å²) in [6.07, 6.45) is 1.22. The van der Waals surface area contributed by atoms with E-state index in [0.29, 0.717) is 6.04 Å². The van der Waals surface area contributed by atoms with Gasteiger partial charge in [-0.1, -0.05) is 12.1 Å². The van der Waals surface area contributed by atoms with Gasteiger partial charge < -0.3 is 10.1 Å². The summed E-state index contributed by atoms with van der Waals surface area (Å²) in [5.41, 5.74) is 2.65. The lowest BCUT2D eigenvalue weighted by molar-refractivity contribution is 0.352. The van der Waals surface area contributed by atoms with Crippen molar-refractivity contribution in [1.29, 1.82) is 0 Å². The smallest absolute Gasteiger partial charge is 0.123 e. The maximum atomic E-state index is 5.34. The summed E-state index contributed by atoms with van der Waals surface area (Å²) in [4.78, 5) is 0. The fraction of sp³-hybridized carbons (Fsp3) is 0.455. The first-order chi connectivity index (χ1) is 6.33. The zero-order valence-electron chi connectivity index (χ0n) is 8.13. The highest BCUT2D eigenvalue weighted by Crippen LogP contribution is 2.33. The Bertz CT molecular complexity index is 305. The SMILES string of the molecule is COc1cccc(C)c1C1CCN1. The molecule has 0 radical (unpaired) electrons. The molecule has 70 valence electrons. The number of hydrogen-bond donors (Lipinski definition) is 1. The second kappa shape index (κ2) is 3.38. The fourth-order valence-electron chi connectivity index (χ4n) is 1.81. The monoisotopic (exact) mass is 177 g/mol. The molecule has 0 bridgehead atoms. The minimum absolute atomic E-state index is 0.510. The summed E-state index contributed by atoms with van der Waals surface area (Å²) in [6, 6.07) is 6.72. The van der Waals surface area contributed by atoms with Crippen molar-refractivity contribution < 1.29 is 4.74 Å². The van der Waals surface area contributed by atoms with Gasteiger partial charge in [0.15, 0.2) is 0 Å². The summed E-state index contributed by atoms with van der Waals surface area (Å²) >= 11 is 0. The number of hydrogen-bond acceptors (Lipinski definition) is 2. The van der Waals surface area contributed by atoms with Crippen LogP contribution in [0.1, 0.15) is 23.6 Å². The van der Waals surface area contributed by atoms with E-state index in [1.54, 1.807) is 7.11 Å². The van der Waals surface area contributed by atoms with Crippen molar-refractivity contribution in [2.45, 2.75) is 19.4 Å².